The lowest BCUT2D eigenvalue weighted by Gasteiger charge is -2.32. The van der Waals surface area contributed by atoms with Crippen molar-refractivity contribution < 1.29 is 9.90 Å². The number of hydrogen-bond acceptors (Lipinski definition) is 4. The Morgan fingerprint density at radius 2 is 2.10 bits per heavy atom. The van der Waals surface area contributed by atoms with Crippen molar-refractivity contribution in [2.75, 3.05) is 18.9 Å². The van der Waals surface area contributed by atoms with E-state index in [0.717, 1.165) is 5.56 Å². The number of aliphatic hydroxyl groups excluding tert-OH is 1. The molecule has 0 bridgehead atoms. The highest BCUT2D eigenvalue weighted by atomic mass is 32.2. The summed E-state index contributed by atoms with van der Waals surface area (Å²) in [5.41, 5.74) is 5.72. The third kappa shape index (κ3) is 4.23. The SMILES string of the molecule is CCNC(CSC(C)CCO)(C(N)=O)c1ccccc1. The van der Waals surface area contributed by atoms with Gasteiger partial charge in [0.1, 0.15) is 5.54 Å². The second-order valence-corrected chi connectivity index (χ2v) is 6.23. The van der Waals surface area contributed by atoms with Crippen LogP contribution in [0.25, 0.3) is 0 Å². The normalized spacial score (nSPS) is 15.6. The van der Waals surface area contributed by atoms with E-state index >= 15 is 0 Å². The largest absolute Gasteiger partial charge is 0.396 e. The summed E-state index contributed by atoms with van der Waals surface area (Å²) < 4.78 is 0. The topological polar surface area (TPSA) is 75.3 Å². The van der Waals surface area contributed by atoms with Crippen LogP contribution in [0, 0.1) is 0 Å². The van der Waals surface area contributed by atoms with Gasteiger partial charge in [-0.25, -0.2) is 0 Å². The van der Waals surface area contributed by atoms with Crippen molar-refractivity contribution in [2.24, 2.45) is 5.73 Å². The van der Waals surface area contributed by atoms with Gasteiger partial charge in [0, 0.05) is 17.6 Å². The summed E-state index contributed by atoms with van der Waals surface area (Å²) in [7, 11) is 0. The van der Waals surface area contributed by atoms with Gasteiger partial charge in [-0.2, -0.15) is 11.8 Å². The van der Waals surface area contributed by atoms with Gasteiger partial charge >= 0.3 is 0 Å². The minimum atomic E-state index is -0.857. The maximum atomic E-state index is 12.1. The molecular formula is C15H24N2O2S. The van der Waals surface area contributed by atoms with Gasteiger partial charge in [-0.15, -0.1) is 0 Å². The van der Waals surface area contributed by atoms with Gasteiger partial charge in [0.2, 0.25) is 5.91 Å². The van der Waals surface area contributed by atoms with Crippen LogP contribution >= 0.6 is 11.8 Å². The average molecular weight is 296 g/mol. The van der Waals surface area contributed by atoms with Gasteiger partial charge in [-0.1, -0.05) is 44.2 Å². The van der Waals surface area contributed by atoms with Gasteiger partial charge < -0.3 is 10.8 Å². The van der Waals surface area contributed by atoms with Crippen LogP contribution in [0.1, 0.15) is 25.8 Å². The van der Waals surface area contributed by atoms with Crippen LogP contribution in [0.15, 0.2) is 30.3 Å². The van der Waals surface area contributed by atoms with E-state index in [-0.39, 0.29) is 17.8 Å². The van der Waals surface area contributed by atoms with Gasteiger partial charge in [0.25, 0.3) is 0 Å². The molecule has 1 rings (SSSR count). The van der Waals surface area contributed by atoms with E-state index in [4.69, 9.17) is 10.8 Å². The first-order valence-corrected chi connectivity index (χ1v) is 7.94. The first-order chi connectivity index (χ1) is 9.56. The molecule has 112 valence electrons. The van der Waals surface area contributed by atoms with Crippen molar-refractivity contribution in [2.45, 2.75) is 31.1 Å². The first-order valence-electron chi connectivity index (χ1n) is 6.89. The summed E-state index contributed by atoms with van der Waals surface area (Å²) in [4.78, 5) is 12.1. The number of rotatable bonds is 9. The molecule has 0 saturated carbocycles. The molecule has 0 aliphatic rings. The molecule has 20 heavy (non-hydrogen) atoms. The maximum absolute atomic E-state index is 12.1. The second-order valence-electron chi connectivity index (χ2n) is 4.80. The third-order valence-electron chi connectivity index (χ3n) is 3.29. The van der Waals surface area contributed by atoms with Crippen molar-refractivity contribution in [3.05, 3.63) is 35.9 Å². The van der Waals surface area contributed by atoms with Crippen molar-refractivity contribution in [3.63, 3.8) is 0 Å². The predicted molar refractivity (Wildman–Crippen MR) is 84.6 cm³/mol. The molecule has 0 aromatic heterocycles. The fraction of sp³-hybridized carbons (Fsp3) is 0.533. The molecule has 1 aromatic rings. The third-order valence-corrected chi connectivity index (χ3v) is 4.69. The Labute approximate surface area is 125 Å². The molecule has 2 atom stereocenters. The van der Waals surface area contributed by atoms with Crippen LogP contribution < -0.4 is 11.1 Å². The summed E-state index contributed by atoms with van der Waals surface area (Å²) in [6, 6.07) is 9.58. The van der Waals surface area contributed by atoms with Crippen LogP contribution in [0.5, 0.6) is 0 Å². The van der Waals surface area contributed by atoms with Gasteiger partial charge in [-0.05, 0) is 18.5 Å². The molecule has 4 N–H and O–H groups in total. The van der Waals surface area contributed by atoms with Gasteiger partial charge in [0.05, 0.1) is 0 Å². The summed E-state index contributed by atoms with van der Waals surface area (Å²) in [5, 5.41) is 12.5. The monoisotopic (exact) mass is 296 g/mol. The first kappa shape index (κ1) is 17.0. The minimum absolute atomic E-state index is 0.157. The summed E-state index contributed by atoms with van der Waals surface area (Å²) >= 11 is 1.65. The van der Waals surface area contributed by atoms with Crippen LogP contribution in [0.3, 0.4) is 0 Å². The smallest absolute Gasteiger partial charge is 0.243 e. The van der Waals surface area contributed by atoms with Gasteiger partial charge in [-0.3, -0.25) is 10.1 Å². The zero-order valence-corrected chi connectivity index (χ0v) is 13.0. The minimum Gasteiger partial charge on any atom is -0.396 e. The average Bonchev–Trinajstić information content (AvgIpc) is 2.44. The highest BCUT2D eigenvalue weighted by Gasteiger charge is 2.37. The number of benzene rings is 1. The lowest BCUT2D eigenvalue weighted by atomic mass is 9.91. The van der Waals surface area contributed by atoms with E-state index in [1.807, 2.05) is 44.2 Å². The summed E-state index contributed by atoms with van der Waals surface area (Å²) in [5.74, 6) is 0.190. The van der Waals surface area contributed by atoms with Crippen molar-refractivity contribution in [1.82, 2.24) is 5.32 Å². The van der Waals surface area contributed by atoms with Crippen LogP contribution in [-0.2, 0) is 10.3 Å². The Hall–Kier alpha value is -1.04. The van der Waals surface area contributed by atoms with Gasteiger partial charge in [0.15, 0.2) is 0 Å². The molecule has 2 unspecified atom stereocenters. The Bertz CT molecular complexity index is 414. The number of primary amides is 1. The molecule has 4 nitrogen and oxygen atoms in total. The zero-order valence-electron chi connectivity index (χ0n) is 12.1. The number of nitrogens with two attached hydrogens (primary N) is 1. The second kappa shape index (κ2) is 8.29. The quantitative estimate of drug-likeness (QED) is 0.645. The Kier molecular flexibility index (Phi) is 7.05. The highest BCUT2D eigenvalue weighted by molar-refractivity contribution is 7.99. The van der Waals surface area contributed by atoms with E-state index in [2.05, 4.69) is 5.32 Å². The molecule has 0 heterocycles. The van der Waals surface area contributed by atoms with E-state index in [0.29, 0.717) is 18.7 Å². The van der Waals surface area contributed by atoms with E-state index in [1.54, 1.807) is 11.8 Å². The number of carbonyl (C=O) groups excluding carboxylic acids is 1. The Morgan fingerprint density at radius 1 is 1.45 bits per heavy atom. The van der Waals surface area contributed by atoms with E-state index in [1.165, 1.54) is 0 Å². The lowest BCUT2D eigenvalue weighted by Crippen LogP contribution is -2.54. The molecule has 0 fully saturated rings. The number of amides is 1. The fourth-order valence-corrected chi connectivity index (χ4v) is 3.31. The number of aliphatic hydroxyl groups is 1. The van der Waals surface area contributed by atoms with Crippen molar-refractivity contribution >= 4 is 17.7 Å². The molecule has 1 amide bonds. The van der Waals surface area contributed by atoms with Crippen molar-refractivity contribution in [1.29, 1.82) is 0 Å². The Balaban J connectivity index is 2.97. The number of nitrogens with one attached hydrogen (secondary N) is 1. The molecule has 5 heteroatoms. The summed E-state index contributed by atoms with van der Waals surface area (Å²) in [6.07, 6.45) is 0.709. The molecule has 0 radical (unpaired) electrons. The van der Waals surface area contributed by atoms with E-state index < -0.39 is 5.54 Å². The highest BCUT2D eigenvalue weighted by Crippen LogP contribution is 2.28. The number of likely N-dealkylation sites (N-methyl/N-ethyl adjacent to an activating group) is 1. The molecule has 0 aliphatic heterocycles. The maximum Gasteiger partial charge on any atom is 0.243 e. The number of carbonyl (C=O) groups is 1. The van der Waals surface area contributed by atoms with E-state index in [9.17, 15) is 4.79 Å². The standard InChI is InChI=1S/C15H24N2O2S/c1-3-17-15(14(16)19,11-20-12(2)9-10-18)13-7-5-4-6-8-13/h4-8,12,17-18H,3,9-11H2,1-2H3,(H2,16,19). The van der Waals surface area contributed by atoms with Crippen LogP contribution in [-0.4, -0.2) is 35.2 Å². The molecule has 0 aliphatic carbocycles. The zero-order chi connectivity index (χ0) is 15.0. The molecule has 0 spiro atoms. The predicted octanol–water partition coefficient (Wildman–Crippen LogP) is 1.48. The molecule has 1 aromatic carbocycles. The molecule has 0 saturated heterocycles. The van der Waals surface area contributed by atoms with Crippen molar-refractivity contribution in [3.8, 4) is 0 Å². The fourth-order valence-electron chi connectivity index (χ4n) is 2.09. The van der Waals surface area contributed by atoms with Crippen LogP contribution in [0.4, 0.5) is 0 Å². The van der Waals surface area contributed by atoms with Crippen LogP contribution in [0.2, 0.25) is 0 Å². The summed E-state index contributed by atoms with van der Waals surface area (Å²) in [6.45, 7) is 4.82. The number of hydrogen-bond donors (Lipinski definition) is 3. The Morgan fingerprint density at radius 3 is 2.60 bits per heavy atom. The molecular weight excluding hydrogens is 272 g/mol. The lowest BCUT2D eigenvalue weighted by molar-refractivity contribution is -0.123. The number of thioether (sulfide) groups is 1.